The van der Waals surface area contributed by atoms with Gasteiger partial charge >= 0.3 is 0 Å². The zero-order chi connectivity index (χ0) is 23.1. The summed E-state index contributed by atoms with van der Waals surface area (Å²) < 4.78 is 26.2. The molecule has 5 nitrogen and oxygen atoms in total. The van der Waals surface area contributed by atoms with Crippen LogP contribution in [0.4, 0.5) is 5.69 Å². The predicted molar refractivity (Wildman–Crippen MR) is 133 cm³/mol. The molecule has 0 radical (unpaired) electrons. The lowest BCUT2D eigenvalue weighted by Crippen LogP contribution is -2.29. The Balaban J connectivity index is 1.67. The van der Waals surface area contributed by atoms with Crippen molar-refractivity contribution in [1.29, 1.82) is 0 Å². The van der Waals surface area contributed by atoms with Crippen molar-refractivity contribution >= 4 is 33.4 Å². The quantitative estimate of drug-likeness (QED) is 0.453. The Morgan fingerprint density at radius 1 is 1.00 bits per heavy atom. The highest BCUT2D eigenvalue weighted by atomic mass is 32.2. The van der Waals surface area contributed by atoms with Crippen molar-refractivity contribution in [3.8, 4) is 0 Å². The average Bonchev–Trinajstić information content (AvgIpc) is 2.81. The third-order valence-electron chi connectivity index (χ3n) is 5.22. The van der Waals surface area contributed by atoms with Crippen LogP contribution >= 0.6 is 11.8 Å². The van der Waals surface area contributed by atoms with Gasteiger partial charge in [-0.2, -0.15) is 0 Å². The van der Waals surface area contributed by atoms with E-state index in [0.717, 1.165) is 10.5 Å². The summed E-state index contributed by atoms with van der Waals surface area (Å²) in [5.41, 5.74) is 3.15. The summed E-state index contributed by atoms with van der Waals surface area (Å²) in [6.45, 7) is 2.81. The van der Waals surface area contributed by atoms with E-state index in [1.54, 1.807) is 42.1 Å². The first-order chi connectivity index (χ1) is 15.3. The maximum absolute atomic E-state index is 12.5. The molecule has 1 N–H and O–H groups in total. The van der Waals surface area contributed by atoms with Crippen LogP contribution in [0, 0.1) is 0 Å². The van der Waals surface area contributed by atoms with Gasteiger partial charge in [0.05, 0.1) is 18.5 Å². The Hall–Kier alpha value is -2.77. The number of amides is 1. The molecule has 3 rings (SSSR count). The number of carbonyl (C=O) groups is 1. The second kappa shape index (κ2) is 10.7. The van der Waals surface area contributed by atoms with Gasteiger partial charge in [-0.05, 0) is 53.6 Å². The van der Waals surface area contributed by atoms with Crippen LogP contribution in [0.25, 0.3) is 0 Å². The number of hydrogen-bond donors (Lipinski definition) is 1. The third kappa shape index (κ3) is 6.37. The number of hydrogen-bond acceptors (Lipinski definition) is 4. The van der Waals surface area contributed by atoms with Gasteiger partial charge in [-0.25, -0.2) is 8.42 Å². The second-order valence-electron chi connectivity index (χ2n) is 7.69. The van der Waals surface area contributed by atoms with Crippen LogP contribution in [0.1, 0.15) is 34.3 Å². The Kier molecular flexibility index (Phi) is 7.99. The highest BCUT2D eigenvalue weighted by Gasteiger charge is 2.18. The summed E-state index contributed by atoms with van der Waals surface area (Å²) in [6.07, 6.45) is 3.16. The van der Waals surface area contributed by atoms with Crippen LogP contribution in [-0.4, -0.2) is 33.4 Å². The van der Waals surface area contributed by atoms with Crippen molar-refractivity contribution in [1.82, 2.24) is 5.32 Å². The molecule has 0 aliphatic carbocycles. The molecule has 32 heavy (non-hydrogen) atoms. The van der Waals surface area contributed by atoms with E-state index in [1.807, 2.05) is 54.8 Å². The Morgan fingerprint density at radius 3 is 2.31 bits per heavy atom. The SMILES string of the molecule is CSc1cccc(N(Cc2ccc(C(=O)NCC(C)c3ccccc3)cc2)S(C)(=O)=O)c1. The summed E-state index contributed by atoms with van der Waals surface area (Å²) in [4.78, 5) is 13.5. The van der Waals surface area contributed by atoms with Crippen molar-refractivity contribution < 1.29 is 13.2 Å². The molecule has 7 heteroatoms. The average molecular weight is 469 g/mol. The lowest BCUT2D eigenvalue weighted by molar-refractivity contribution is 0.0951. The highest BCUT2D eigenvalue weighted by Crippen LogP contribution is 2.25. The van der Waals surface area contributed by atoms with Gasteiger partial charge in [0.1, 0.15) is 0 Å². The number of nitrogens with zero attached hydrogens (tertiary/aromatic N) is 1. The highest BCUT2D eigenvalue weighted by molar-refractivity contribution is 7.98. The molecule has 0 saturated heterocycles. The normalized spacial score (nSPS) is 12.2. The summed E-state index contributed by atoms with van der Waals surface area (Å²) in [6, 6.07) is 24.6. The van der Waals surface area contributed by atoms with Crippen molar-refractivity contribution in [2.75, 3.05) is 23.4 Å². The van der Waals surface area contributed by atoms with E-state index < -0.39 is 10.0 Å². The number of benzene rings is 3. The smallest absolute Gasteiger partial charge is 0.251 e. The van der Waals surface area contributed by atoms with Crippen LogP contribution < -0.4 is 9.62 Å². The van der Waals surface area contributed by atoms with E-state index in [4.69, 9.17) is 0 Å². The minimum Gasteiger partial charge on any atom is -0.351 e. The molecule has 0 fully saturated rings. The predicted octanol–water partition coefficient (Wildman–Crippen LogP) is 4.91. The van der Waals surface area contributed by atoms with E-state index in [-0.39, 0.29) is 18.4 Å². The molecule has 0 bridgehead atoms. The Labute approximate surface area is 194 Å². The van der Waals surface area contributed by atoms with Crippen molar-refractivity contribution in [2.45, 2.75) is 24.3 Å². The van der Waals surface area contributed by atoms with Crippen LogP contribution in [-0.2, 0) is 16.6 Å². The standard InChI is InChI=1S/C25H28N2O3S2/c1-19(21-8-5-4-6-9-21)17-26-25(28)22-14-12-20(13-15-22)18-27(32(3,29)30)23-10-7-11-24(16-23)31-2/h4-16,19H,17-18H2,1-3H3,(H,26,28). The van der Waals surface area contributed by atoms with E-state index in [1.165, 1.54) is 16.1 Å². The molecule has 0 spiro atoms. The van der Waals surface area contributed by atoms with Gasteiger partial charge in [0.15, 0.2) is 0 Å². The molecule has 1 amide bonds. The number of rotatable bonds is 9. The molecule has 0 aromatic heterocycles. The van der Waals surface area contributed by atoms with Crippen molar-refractivity contribution in [3.63, 3.8) is 0 Å². The van der Waals surface area contributed by atoms with E-state index in [9.17, 15) is 13.2 Å². The van der Waals surface area contributed by atoms with Gasteiger partial charge in [-0.15, -0.1) is 11.8 Å². The number of sulfonamides is 1. The number of thioether (sulfide) groups is 1. The fraction of sp³-hybridized carbons (Fsp3) is 0.240. The van der Waals surface area contributed by atoms with Crippen molar-refractivity contribution in [3.05, 3.63) is 95.6 Å². The lowest BCUT2D eigenvalue weighted by Gasteiger charge is -2.23. The van der Waals surface area contributed by atoms with Crippen molar-refractivity contribution in [2.24, 2.45) is 0 Å². The van der Waals surface area contributed by atoms with Crippen LogP contribution in [0.2, 0.25) is 0 Å². The van der Waals surface area contributed by atoms with Crippen LogP contribution in [0.15, 0.2) is 83.8 Å². The van der Waals surface area contributed by atoms with Gasteiger partial charge < -0.3 is 5.32 Å². The van der Waals surface area contributed by atoms with Gasteiger partial charge in [-0.3, -0.25) is 9.10 Å². The summed E-state index contributed by atoms with van der Waals surface area (Å²) in [5, 5.41) is 2.97. The molecule has 1 unspecified atom stereocenters. The largest absolute Gasteiger partial charge is 0.351 e. The van der Waals surface area contributed by atoms with Gasteiger partial charge in [-0.1, -0.05) is 55.5 Å². The number of anilines is 1. The van der Waals surface area contributed by atoms with Gasteiger partial charge in [0.25, 0.3) is 5.91 Å². The third-order valence-corrected chi connectivity index (χ3v) is 7.09. The Morgan fingerprint density at radius 2 is 1.69 bits per heavy atom. The molecule has 1 atom stereocenters. The molecule has 168 valence electrons. The fourth-order valence-corrected chi connectivity index (χ4v) is 4.67. The van der Waals surface area contributed by atoms with Crippen LogP contribution in [0.5, 0.6) is 0 Å². The monoisotopic (exact) mass is 468 g/mol. The van der Waals surface area contributed by atoms with Crippen LogP contribution in [0.3, 0.4) is 0 Å². The molecule has 3 aromatic rings. The molecular weight excluding hydrogens is 440 g/mol. The minimum absolute atomic E-state index is 0.146. The first-order valence-corrected chi connectivity index (χ1v) is 13.4. The zero-order valence-electron chi connectivity index (χ0n) is 18.5. The Bertz CT molecular complexity index is 1150. The van der Waals surface area contributed by atoms with Gasteiger partial charge in [0, 0.05) is 17.0 Å². The first kappa shape index (κ1) is 23.9. The second-order valence-corrected chi connectivity index (χ2v) is 10.5. The first-order valence-electron chi connectivity index (χ1n) is 10.3. The maximum Gasteiger partial charge on any atom is 0.251 e. The molecule has 0 aliphatic rings. The molecule has 0 saturated carbocycles. The van der Waals surface area contributed by atoms with Gasteiger partial charge in [0.2, 0.25) is 10.0 Å². The number of carbonyl (C=O) groups excluding carboxylic acids is 1. The fourth-order valence-electron chi connectivity index (χ4n) is 3.34. The molecule has 0 aliphatic heterocycles. The maximum atomic E-state index is 12.5. The lowest BCUT2D eigenvalue weighted by atomic mass is 10.0. The topological polar surface area (TPSA) is 66.5 Å². The van der Waals surface area contributed by atoms with E-state index >= 15 is 0 Å². The minimum atomic E-state index is -3.47. The molecule has 0 heterocycles. The molecule has 3 aromatic carbocycles. The number of nitrogens with one attached hydrogen (secondary N) is 1. The summed E-state index contributed by atoms with van der Waals surface area (Å²) in [7, 11) is -3.47. The molecular formula is C25H28N2O3S2. The van der Waals surface area contributed by atoms with E-state index in [2.05, 4.69) is 12.2 Å². The summed E-state index contributed by atoms with van der Waals surface area (Å²) >= 11 is 1.56. The summed E-state index contributed by atoms with van der Waals surface area (Å²) in [5.74, 6) is 0.0618. The van der Waals surface area contributed by atoms with E-state index in [0.29, 0.717) is 17.8 Å². The zero-order valence-corrected chi connectivity index (χ0v) is 20.1.